The van der Waals surface area contributed by atoms with Crippen LogP contribution < -0.4 is 10.2 Å². The van der Waals surface area contributed by atoms with Crippen LogP contribution >= 0.6 is 0 Å². The summed E-state index contributed by atoms with van der Waals surface area (Å²) in [5.74, 6) is -2.90. The van der Waals surface area contributed by atoms with E-state index in [1.165, 1.54) is 17.0 Å². The molecule has 0 aliphatic carbocycles. The van der Waals surface area contributed by atoms with Crippen LogP contribution in [0.1, 0.15) is 39.0 Å². The lowest BCUT2D eigenvalue weighted by Gasteiger charge is -2.38. The molecule has 4 rings (SSSR count). The van der Waals surface area contributed by atoms with E-state index in [0.717, 1.165) is 17.0 Å². The van der Waals surface area contributed by atoms with Crippen LogP contribution in [0.5, 0.6) is 0 Å². The zero-order valence-corrected chi connectivity index (χ0v) is 19.8. The second-order valence-corrected chi connectivity index (χ2v) is 8.89. The first-order chi connectivity index (χ1) is 17.3. The van der Waals surface area contributed by atoms with Crippen LogP contribution in [-0.2, 0) is 33.4 Å². The Morgan fingerprint density at radius 1 is 1.19 bits per heavy atom. The molecular weight excluding hydrogens is 473 g/mol. The molecule has 11 heteroatoms. The Kier molecular flexibility index (Phi) is 7.78. The largest absolute Gasteiger partial charge is 0.433 e. The Labute approximate surface area is 207 Å². The van der Waals surface area contributed by atoms with Crippen molar-refractivity contribution in [1.29, 1.82) is 0 Å². The molecule has 0 saturated carbocycles. The summed E-state index contributed by atoms with van der Waals surface area (Å²) in [7, 11) is 0. The van der Waals surface area contributed by atoms with Gasteiger partial charge in [0.05, 0.1) is 6.42 Å². The zero-order chi connectivity index (χ0) is 25.8. The summed E-state index contributed by atoms with van der Waals surface area (Å²) in [6, 6.07) is 2.02. The van der Waals surface area contributed by atoms with E-state index in [4.69, 9.17) is 9.47 Å². The Hall–Kier alpha value is -3.60. The van der Waals surface area contributed by atoms with E-state index in [-0.39, 0.29) is 30.9 Å². The normalized spacial score (nSPS) is 27.6. The summed E-state index contributed by atoms with van der Waals surface area (Å²) in [5.41, 5.74) is 0.193. The van der Waals surface area contributed by atoms with Gasteiger partial charge in [-0.3, -0.25) is 28.9 Å². The quantitative estimate of drug-likeness (QED) is 0.258. The Balaban J connectivity index is 1.60. The summed E-state index contributed by atoms with van der Waals surface area (Å²) in [4.78, 5) is 65.6. The van der Waals surface area contributed by atoms with Gasteiger partial charge in [0, 0.05) is 18.3 Å². The molecule has 0 aromatic heterocycles. The fourth-order valence-corrected chi connectivity index (χ4v) is 5.04. The molecule has 0 radical (unpaired) electrons. The number of amides is 3. The molecule has 2 fully saturated rings. The third kappa shape index (κ3) is 5.15. The summed E-state index contributed by atoms with van der Waals surface area (Å²) < 4.78 is 24.0. The molecule has 3 amide bonds. The molecule has 0 spiro atoms. The summed E-state index contributed by atoms with van der Waals surface area (Å²) in [6.07, 6.45) is 4.43. The van der Waals surface area contributed by atoms with Crippen LogP contribution in [-0.4, -0.2) is 71.9 Å². The fraction of sp³-hybridized carbons (Fsp3) is 0.480. The fourth-order valence-electron chi connectivity index (χ4n) is 5.04. The third-order valence-electron chi connectivity index (χ3n) is 6.65. The van der Waals surface area contributed by atoms with Gasteiger partial charge in [0.15, 0.2) is 0 Å². The Morgan fingerprint density at radius 3 is 2.61 bits per heavy atom. The Morgan fingerprint density at radius 2 is 1.92 bits per heavy atom. The summed E-state index contributed by atoms with van der Waals surface area (Å²) in [5, 5.41) is 2.79. The van der Waals surface area contributed by atoms with Crippen molar-refractivity contribution in [2.75, 3.05) is 11.5 Å². The van der Waals surface area contributed by atoms with Crippen molar-refractivity contribution < 1.29 is 37.8 Å². The predicted octanol–water partition coefficient (Wildman–Crippen LogP) is 1.23. The van der Waals surface area contributed by atoms with Gasteiger partial charge in [-0.2, -0.15) is 0 Å². The number of ether oxygens (including phenoxy) is 2. The van der Waals surface area contributed by atoms with Crippen LogP contribution in [0.15, 0.2) is 36.4 Å². The minimum absolute atomic E-state index is 0.0436. The van der Waals surface area contributed by atoms with E-state index in [0.29, 0.717) is 25.9 Å². The van der Waals surface area contributed by atoms with Gasteiger partial charge >= 0.3 is 5.97 Å². The van der Waals surface area contributed by atoms with Crippen molar-refractivity contribution in [3.63, 3.8) is 0 Å². The monoisotopic (exact) mass is 501 g/mol. The number of benzene rings is 1. The topological polar surface area (TPSA) is 122 Å². The van der Waals surface area contributed by atoms with Gasteiger partial charge in [0.25, 0.3) is 5.91 Å². The van der Waals surface area contributed by atoms with Crippen LogP contribution in [0.3, 0.4) is 0 Å². The lowest BCUT2D eigenvalue weighted by molar-refractivity contribution is -0.164. The molecule has 36 heavy (non-hydrogen) atoms. The molecule has 2 saturated heterocycles. The summed E-state index contributed by atoms with van der Waals surface area (Å²) in [6.45, 7) is 2.03. The maximum Gasteiger partial charge on any atom is 0.310 e. The summed E-state index contributed by atoms with van der Waals surface area (Å²) >= 11 is 0. The van der Waals surface area contributed by atoms with Gasteiger partial charge in [0.2, 0.25) is 24.4 Å². The zero-order valence-electron chi connectivity index (χ0n) is 19.8. The third-order valence-corrected chi connectivity index (χ3v) is 6.65. The first kappa shape index (κ1) is 25.5. The van der Waals surface area contributed by atoms with E-state index in [1.807, 2.05) is 6.08 Å². The van der Waals surface area contributed by atoms with E-state index in [1.54, 1.807) is 13.0 Å². The molecule has 2 unspecified atom stereocenters. The maximum atomic E-state index is 13.9. The van der Waals surface area contributed by atoms with E-state index in [2.05, 4.69) is 5.32 Å². The number of rotatable bonds is 7. The molecule has 5 atom stereocenters. The molecule has 10 nitrogen and oxygen atoms in total. The smallest absolute Gasteiger partial charge is 0.310 e. The first-order valence-corrected chi connectivity index (χ1v) is 12.0. The molecule has 192 valence electrons. The molecular formula is C25H28FN3O7. The molecule has 3 heterocycles. The van der Waals surface area contributed by atoms with Gasteiger partial charge in [-0.15, -0.1) is 0 Å². The number of nitrogens with one attached hydrogen (secondary N) is 1. The molecule has 1 aromatic rings. The van der Waals surface area contributed by atoms with Crippen molar-refractivity contribution in [2.45, 2.75) is 69.5 Å². The highest BCUT2D eigenvalue weighted by molar-refractivity contribution is 6.31. The lowest BCUT2D eigenvalue weighted by atomic mass is 10.0. The van der Waals surface area contributed by atoms with E-state index in [9.17, 15) is 28.4 Å². The number of halogens is 1. The number of nitrogens with zero attached hydrogens (tertiary/aromatic N) is 2. The highest BCUT2D eigenvalue weighted by Gasteiger charge is 2.47. The van der Waals surface area contributed by atoms with Gasteiger partial charge in [-0.05, 0) is 56.9 Å². The number of cyclic esters (lactones) is 1. The maximum absolute atomic E-state index is 13.9. The number of fused-ring (bicyclic) bond motifs is 1. The van der Waals surface area contributed by atoms with Crippen LogP contribution in [0.25, 0.3) is 0 Å². The highest BCUT2D eigenvalue weighted by atomic mass is 19.1. The molecule has 3 aliphatic rings. The average molecular weight is 502 g/mol. The molecule has 0 bridgehead atoms. The van der Waals surface area contributed by atoms with Crippen molar-refractivity contribution in [2.24, 2.45) is 0 Å². The first-order valence-electron chi connectivity index (χ1n) is 12.0. The Bertz CT molecular complexity index is 1060. The molecule has 1 N–H and O–H groups in total. The van der Waals surface area contributed by atoms with Crippen molar-refractivity contribution in [1.82, 2.24) is 10.2 Å². The van der Waals surface area contributed by atoms with E-state index < -0.39 is 53.9 Å². The second kappa shape index (κ2) is 11.0. The number of carbonyl (C=O) groups is 5. The van der Waals surface area contributed by atoms with Crippen LogP contribution in [0.2, 0.25) is 0 Å². The van der Waals surface area contributed by atoms with Crippen molar-refractivity contribution >= 4 is 35.7 Å². The van der Waals surface area contributed by atoms with Crippen LogP contribution in [0.4, 0.5) is 10.1 Å². The van der Waals surface area contributed by atoms with E-state index >= 15 is 0 Å². The minimum atomic E-state index is -1.10. The van der Waals surface area contributed by atoms with Gasteiger partial charge in [0.1, 0.15) is 23.9 Å². The van der Waals surface area contributed by atoms with Crippen molar-refractivity contribution in [3.05, 3.63) is 42.2 Å². The standard InChI is InChI=1S/C25H28FN3O7/c1-2-35-25-18(13-22(32)36-25)27-23(33)19-12-11-16-5-3-4-6-20(24(34)29(16)19)28(21(31)14-30)17-9-7-15(26)8-10-17/h3-4,7-10,14,16,18-20,25H,2,5-6,11-13H2,1H3,(H,27,33)/t16-,18?,19+,20+,25?/m1/s1. The lowest BCUT2D eigenvalue weighted by Crippen LogP contribution is -2.58. The predicted molar refractivity (Wildman–Crippen MR) is 124 cm³/mol. The van der Waals surface area contributed by atoms with Crippen LogP contribution in [0, 0.1) is 5.82 Å². The van der Waals surface area contributed by atoms with Gasteiger partial charge < -0.3 is 19.7 Å². The molecule has 3 aliphatic heterocycles. The minimum Gasteiger partial charge on any atom is -0.433 e. The van der Waals surface area contributed by atoms with Gasteiger partial charge in [-0.25, -0.2) is 4.39 Å². The SMILES string of the molecule is CCOC1OC(=O)CC1NC(=O)[C@@H]1CC[C@H]2CC=CC[C@H](N(C(=O)C=O)c3ccc(F)cc3)C(=O)N21. The van der Waals surface area contributed by atoms with Crippen molar-refractivity contribution in [3.8, 4) is 0 Å². The number of hydrogen-bond donors (Lipinski definition) is 1. The number of hydrogen-bond acceptors (Lipinski definition) is 7. The number of aldehydes is 1. The highest BCUT2D eigenvalue weighted by Crippen LogP contribution is 2.32. The van der Waals surface area contributed by atoms with Gasteiger partial charge in [-0.1, -0.05) is 12.2 Å². The average Bonchev–Trinajstić information content (AvgIpc) is 3.43. The number of carbonyl (C=O) groups excluding carboxylic acids is 5. The number of anilines is 1. The number of esters is 1. The second-order valence-electron chi connectivity index (χ2n) is 8.89. The molecule has 1 aromatic carbocycles.